The van der Waals surface area contributed by atoms with Crippen molar-refractivity contribution >= 4 is 33.8 Å². The van der Waals surface area contributed by atoms with E-state index in [0.717, 1.165) is 0 Å². The molecule has 2 amide bonds. The molecule has 0 spiro atoms. The Balaban J connectivity index is 1.35. The van der Waals surface area contributed by atoms with Gasteiger partial charge in [-0.2, -0.15) is 29.6 Å². The number of carbonyl (C=O) groups is 1. The molecule has 13 nitrogen and oxygen atoms in total. The number of urea groups is 1. The van der Waals surface area contributed by atoms with Gasteiger partial charge in [0.2, 0.25) is 0 Å². The summed E-state index contributed by atoms with van der Waals surface area (Å²) in [4.78, 5) is 24.3. The Bertz CT molecular complexity index is 1720. The molecule has 4 aromatic rings. The summed E-state index contributed by atoms with van der Waals surface area (Å²) < 4.78 is 57.5. The summed E-state index contributed by atoms with van der Waals surface area (Å²) in [6.45, 7) is 3.61. The van der Waals surface area contributed by atoms with Crippen molar-refractivity contribution in [3.05, 3.63) is 59.8 Å². The van der Waals surface area contributed by atoms with Gasteiger partial charge in [-0.05, 0) is 57.9 Å². The molecule has 4 heterocycles. The molecule has 1 aliphatic heterocycles. The number of hydrogen-bond donors (Lipinski definition) is 4. The van der Waals surface area contributed by atoms with Crippen LogP contribution in [0.15, 0.2) is 47.6 Å². The number of aromatic nitrogens is 6. The maximum Gasteiger partial charge on any atom is 0.333 e. The minimum absolute atomic E-state index is 0.00326. The largest absolute Gasteiger partial charge is 0.377 e. The number of anilines is 3. The fourth-order valence-corrected chi connectivity index (χ4v) is 8.16. The van der Waals surface area contributed by atoms with Gasteiger partial charge >= 0.3 is 12.6 Å². The molecule has 240 valence electrons. The molecular weight excluding hydrogens is 608 g/mol. The molecule has 6 rings (SSSR count). The topological polar surface area (TPSA) is 155 Å². The molecule has 1 aromatic carbocycles. The van der Waals surface area contributed by atoms with Crippen molar-refractivity contribution < 1.29 is 27.4 Å². The van der Waals surface area contributed by atoms with Gasteiger partial charge < -0.3 is 20.3 Å². The number of carbonyl (C=O) groups excluding carboxylic acids is 1. The van der Waals surface area contributed by atoms with Crippen LogP contribution in [-0.2, 0) is 16.5 Å². The number of aryl methyl sites for hydroxylation is 2. The van der Waals surface area contributed by atoms with Gasteiger partial charge in [-0.1, -0.05) is 0 Å². The van der Waals surface area contributed by atoms with Gasteiger partial charge in [-0.15, -0.1) is 0 Å². The zero-order valence-corrected chi connectivity index (χ0v) is 26.1. The minimum atomic E-state index is -3.67. The highest BCUT2D eigenvalue weighted by atomic mass is 32.3. The molecule has 4 N–H and O–H groups in total. The number of alkyl halides is 2. The number of nitrogens with zero attached hydrogens (tertiary/aromatic N) is 7. The van der Waals surface area contributed by atoms with Gasteiger partial charge in [0, 0.05) is 37.1 Å². The third-order valence-electron chi connectivity index (χ3n) is 8.18. The first-order valence-electron chi connectivity index (χ1n) is 14.4. The van der Waals surface area contributed by atoms with Crippen LogP contribution in [0.3, 0.4) is 0 Å². The van der Waals surface area contributed by atoms with Crippen LogP contribution in [0.5, 0.6) is 0 Å². The summed E-state index contributed by atoms with van der Waals surface area (Å²) in [6, 6.07) is 8.32. The van der Waals surface area contributed by atoms with Crippen LogP contribution in [0.25, 0.3) is 11.4 Å². The van der Waals surface area contributed by atoms with E-state index in [1.54, 1.807) is 48.3 Å². The van der Waals surface area contributed by atoms with E-state index in [9.17, 15) is 22.7 Å². The van der Waals surface area contributed by atoms with Crippen LogP contribution in [0.1, 0.15) is 43.4 Å². The number of nitrogens with one attached hydrogen (secondary N) is 2. The van der Waals surface area contributed by atoms with Crippen molar-refractivity contribution in [3.63, 3.8) is 0 Å². The second-order valence-electron chi connectivity index (χ2n) is 11.4. The maximum atomic E-state index is 13.7. The third kappa shape index (κ3) is 5.74. The lowest BCUT2D eigenvalue weighted by Gasteiger charge is -2.41. The van der Waals surface area contributed by atoms with E-state index in [2.05, 4.69) is 25.7 Å². The van der Waals surface area contributed by atoms with E-state index in [-0.39, 0.29) is 22.3 Å². The molecule has 0 radical (unpaired) electrons. The minimum Gasteiger partial charge on any atom is -0.377 e. The number of rotatable bonds is 8. The summed E-state index contributed by atoms with van der Waals surface area (Å²) in [5, 5.41) is 13.4. The molecule has 3 aromatic heterocycles. The van der Waals surface area contributed by atoms with E-state index in [1.165, 1.54) is 20.0 Å². The van der Waals surface area contributed by atoms with Crippen molar-refractivity contribution in [2.45, 2.75) is 55.8 Å². The molecule has 1 saturated carbocycles. The fraction of sp³-hybridized carbons (Fsp3) is 0.414. The highest BCUT2D eigenvalue weighted by Crippen LogP contribution is 2.76. The Morgan fingerprint density at radius 2 is 1.84 bits per heavy atom. The smallest absolute Gasteiger partial charge is 0.333 e. The zero-order chi connectivity index (χ0) is 32.1. The number of amides is 2. The van der Waals surface area contributed by atoms with Crippen LogP contribution < -0.4 is 15.5 Å². The first-order chi connectivity index (χ1) is 21.4. The average molecular weight is 644 g/mol. The molecule has 45 heavy (non-hydrogen) atoms. The van der Waals surface area contributed by atoms with Crippen LogP contribution in [0.2, 0.25) is 0 Å². The van der Waals surface area contributed by atoms with Crippen LogP contribution >= 0.6 is 10.6 Å². The van der Waals surface area contributed by atoms with E-state index in [0.29, 0.717) is 71.6 Å². The predicted molar refractivity (Wildman–Crippen MR) is 166 cm³/mol. The maximum absolute atomic E-state index is 13.7. The second-order valence-corrected chi connectivity index (χ2v) is 13.7. The predicted octanol–water partition coefficient (Wildman–Crippen LogP) is 5.75. The first-order valence-corrected chi connectivity index (χ1v) is 16.0. The van der Waals surface area contributed by atoms with Gasteiger partial charge in [0.05, 0.1) is 48.2 Å². The lowest BCUT2D eigenvalue weighted by molar-refractivity contribution is 0.0538. The summed E-state index contributed by atoms with van der Waals surface area (Å²) in [7, 11) is -1.92. The lowest BCUT2D eigenvalue weighted by atomic mass is 10.1. The highest BCUT2D eigenvalue weighted by Gasteiger charge is 2.59. The standard InChI is InChI=1S/C29H35F2N9O4S/c1-17-16-44-12-11-39(17)24-13-23(29(9-10-29)45(42,43)25-18(2)37-40(19(25)3)27(30)31)35-26(36-24)20-5-7-21(8-6-20)33-28(41)34-22-14-32-38(4)15-22/h5-8,13-15,17,27,42-43H,9-12,16H2,1-4H3,(H2,33,34,41)/t17-/m0/s1. The Morgan fingerprint density at radius 1 is 1.13 bits per heavy atom. The van der Waals surface area contributed by atoms with Gasteiger partial charge in [-0.25, -0.2) is 19.4 Å². The summed E-state index contributed by atoms with van der Waals surface area (Å²) in [6.07, 6.45) is 4.01. The summed E-state index contributed by atoms with van der Waals surface area (Å²) >= 11 is 0. The van der Waals surface area contributed by atoms with Crippen molar-refractivity contribution in [1.29, 1.82) is 0 Å². The van der Waals surface area contributed by atoms with E-state index >= 15 is 0 Å². The molecule has 0 unspecified atom stereocenters. The van der Waals surface area contributed by atoms with E-state index in [1.807, 2.05) is 6.92 Å². The van der Waals surface area contributed by atoms with E-state index in [4.69, 9.17) is 14.7 Å². The third-order valence-corrected chi connectivity index (χ3v) is 11.0. The molecule has 1 aliphatic carbocycles. The molecular formula is C29H35F2N9O4S. The number of ether oxygens (including phenoxy) is 1. The fourth-order valence-electron chi connectivity index (χ4n) is 5.74. The summed E-state index contributed by atoms with van der Waals surface area (Å²) in [5.74, 6) is 0.952. The number of hydrogen-bond acceptors (Lipinski definition) is 9. The number of benzene rings is 1. The molecule has 1 saturated heterocycles. The lowest BCUT2D eigenvalue weighted by Crippen LogP contribution is -2.44. The van der Waals surface area contributed by atoms with Gasteiger partial charge in [0.25, 0.3) is 0 Å². The SMILES string of the molecule is Cc1nn(C(F)F)c(C)c1S(O)(O)C1(c2cc(N3CCOC[C@@H]3C)nc(-c3ccc(NC(=O)Nc4cnn(C)c4)cc3)n2)CC1. The van der Waals surface area contributed by atoms with Crippen LogP contribution in [0.4, 0.5) is 30.8 Å². The normalized spacial score (nSPS) is 18.2. The quantitative estimate of drug-likeness (QED) is 0.188. The van der Waals surface area contributed by atoms with Gasteiger partial charge in [0.1, 0.15) is 15.5 Å². The van der Waals surface area contributed by atoms with Crippen molar-refractivity contribution in [3.8, 4) is 11.4 Å². The van der Waals surface area contributed by atoms with Crippen molar-refractivity contribution in [1.82, 2.24) is 29.5 Å². The van der Waals surface area contributed by atoms with Gasteiger partial charge in [0.15, 0.2) is 5.82 Å². The van der Waals surface area contributed by atoms with Crippen molar-refractivity contribution in [2.75, 3.05) is 35.3 Å². The van der Waals surface area contributed by atoms with Gasteiger partial charge in [-0.3, -0.25) is 13.8 Å². The Labute approximate surface area is 260 Å². The molecule has 2 aliphatic rings. The second kappa shape index (κ2) is 11.7. The zero-order valence-electron chi connectivity index (χ0n) is 25.2. The number of morpholine rings is 1. The van der Waals surface area contributed by atoms with Crippen molar-refractivity contribution in [2.24, 2.45) is 7.05 Å². The summed E-state index contributed by atoms with van der Waals surface area (Å²) in [5.41, 5.74) is 2.30. The Morgan fingerprint density at radius 3 is 2.44 bits per heavy atom. The molecule has 0 bridgehead atoms. The van der Waals surface area contributed by atoms with Crippen LogP contribution in [-0.4, -0.2) is 70.5 Å². The highest BCUT2D eigenvalue weighted by molar-refractivity contribution is 8.25. The Kier molecular flexibility index (Phi) is 8.01. The Hall–Kier alpha value is -4.12. The average Bonchev–Trinajstić information content (AvgIpc) is 3.64. The molecule has 16 heteroatoms. The van der Waals surface area contributed by atoms with E-state index < -0.39 is 27.9 Å². The first kappa shape index (κ1) is 30.9. The number of halogens is 2. The van der Waals surface area contributed by atoms with Crippen LogP contribution in [0, 0.1) is 13.8 Å². The molecule has 1 atom stereocenters. The molecule has 2 fully saturated rings. The monoisotopic (exact) mass is 643 g/mol.